The molecular formula is C14H13F2N3O. The van der Waals surface area contributed by atoms with Gasteiger partial charge in [-0.1, -0.05) is 0 Å². The van der Waals surface area contributed by atoms with Gasteiger partial charge in [0, 0.05) is 30.7 Å². The number of amides is 1. The normalized spacial score (nSPS) is 10.2. The van der Waals surface area contributed by atoms with Crippen LogP contribution in [0.15, 0.2) is 30.5 Å². The number of nitrogens with zero attached hydrogens (tertiary/aromatic N) is 1. The molecule has 104 valence electrons. The molecule has 2 rings (SSSR count). The molecule has 20 heavy (non-hydrogen) atoms. The number of carbonyl (C=O) groups is 1. The fraction of sp³-hybridized carbons (Fsp3) is 0.143. The van der Waals surface area contributed by atoms with Crippen molar-refractivity contribution < 1.29 is 13.6 Å². The van der Waals surface area contributed by atoms with Gasteiger partial charge in [-0.25, -0.2) is 8.78 Å². The molecule has 1 aromatic carbocycles. The number of rotatable bonds is 3. The Hall–Kier alpha value is -2.50. The van der Waals surface area contributed by atoms with E-state index in [1.165, 1.54) is 6.20 Å². The lowest BCUT2D eigenvalue weighted by molar-refractivity contribution is 0.102. The van der Waals surface area contributed by atoms with Gasteiger partial charge in [-0.05, 0) is 25.1 Å². The summed E-state index contributed by atoms with van der Waals surface area (Å²) < 4.78 is 26.1. The zero-order valence-corrected chi connectivity index (χ0v) is 11.0. The SMILES string of the molecule is CNc1cc(C)ncc1C(=O)Nc1cc(F)cc(F)c1. The lowest BCUT2D eigenvalue weighted by Gasteiger charge is -2.10. The van der Waals surface area contributed by atoms with Crippen LogP contribution in [0.1, 0.15) is 16.1 Å². The molecule has 2 N–H and O–H groups in total. The molecule has 0 aliphatic rings. The molecule has 0 spiro atoms. The molecular weight excluding hydrogens is 264 g/mol. The summed E-state index contributed by atoms with van der Waals surface area (Å²) in [5, 5.41) is 5.31. The van der Waals surface area contributed by atoms with Gasteiger partial charge < -0.3 is 10.6 Å². The molecule has 1 heterocycles. The number of carbonyl (C=O) groups excluding carboxylic acids is 1. The molecule has 0 saturated heterocycles. The van der Waals surface area contributed by atoms with Crippen LogP contribution in [0.3, 0.4) is 0 Å². The minimum Gasteiger partial charge on any atom is -0.387 e. The van der Waals surface area contributed by atoms with Gasteiger partial charge in [0.1, 0.15) is 11.6 Å². The van der Waals surface area contributed by atoms with Crippen LogP contribution in [0.25, 0.3) is 0 Å². The van der Waals surface area contributed by atoms with E-state index < -0.39 is 17.5 Å². The average Bonchev–Trinajstić information content (AvgIpc) is 2.37. The van der Waals surface area contributed by atoms with Gasteiger partial charge in [-0.3, -0.25) is 9.78 Å². The van der Waals surface area contributed by atoms with Gasteiger partial charge in [0.25, 0.3) is 5.91 Å². The van der Waals surface area contributed by atoms with Crippen LogP contribution < -0.4 is 10.6 Å². The predicted molar refractivity (Wildman–Crippen MR) is 72.8 cm³/mol. The van der Waals surface area contributed by atoms with E-state index in [9.17, 15) is 13.6 Å². The van der Waals surface area contributed by atoms with Gasteiger partial charge in [-0.15, -0.1) is 0 Å². The molecule has 4 nitrogen and oxygen atoms in total. The minimum atomic E-state index is -0.754. The molecule has 6 heteroatoms. The van der Waals surface area contributed by atoms with Crippen LogP contribution >= 0.6 is 0 Å². The highest BCUT2D eigenvalue weighted by Crippen LogP contribution is 2.18. The van der Waals surface area contributed by atoms with Crippen LogP contribution in [-0.2, 0) is 0 Å². The highest BCUT2D eigenvalue weighted by molar-refractivity contribution is 6.07. The van der Waals surface area contributed by atoms with E-state index in [0.717, 1.165) is 23.9 Å². The Morgan fingerprint density at radius 2 is 1.80 bits per heavy atom. The number of pyridine rings is 1. The Morgan fingerprint density at radius 3 is 2.40 bits per heavy atom. The molecule has 0 aliphatic carbocycles. The number of nitrogens with one attached hydrogen (secondary N) is 2. The number of benzene rings is 1. The van der Waals surface area contributed by atoms with Crippen molar-refractivity contribution >= 4 is 17.3 Å². The molecule has 0 aliphatic heterocycles. The molecule has 0 fully saturated rings. The van der Waals surface area contributed by atoms with Crippen molar-refractivity contribution in [2.24, 2.45) is 0 Å². The molecule has 1 amide bonds. The highest BCUT2D eigenvalue weighted by Gasteiger charge is 2.13. The quantitative estimate of drug-likeness (QED) is 0.907. The average molecular weight is 277 g/mol. The number of aryl methyl sites for hydroxylation is 1. The van der Waals surface area contributed by atoms with Crippen molar-refractivity contribution in [3.8, 4) is 0 Å². The molecule has 0 bridgehead atoms. The van der Waals surface area contributed by atoms with E-state index in [0.29, 0.717) is 11.3 Å². The maximum atomic E-state index is 13.1. The summed E-state index contributed by atoms with van der Waals surface area (Å²) in [5.74, 6) is -2.00. The summed E-state index contributed by atoms with van der Waals surface area (Å²) in [6.07, 6.45) is 1.41. The van der Waals surface area contributed by atoms with Crippen molar-refractivity contribution in [3.63, 3.8) is 0 Å². The van der Waals surface area contributed by atoms with Gasteiger partial charge in [0.2, 0.25) is 0 Å². The summed E-state index contributed by atoms with van der Waals surface area (Å²) >= 11 is 0. The fourth-order valence-electron chi connectivity index (χ4n) is 1.77. The van der Waals surface area contributed by atoms with Crippen molar-refractivity contribution in [1.82, 2.24) is 4.98 Å². The lowest BCUT2D eigenvalue weighted by Crippen LogP contribution is -2.15. The zero-order valence-electron chi connectivity index (χ0n) is 11.0. The number of anilines is 2. The maximum absolute atomic E-state index is 13.1. The van der Waals surface area contributed by atoms with E-state index in [1.54, 1.807) is 20.0 Å². The van der Waals surface area contributed by atoms with E-state index in [-0.39, 0.29) is 5.69 Å². The largest absolute Gasteiger partial charge is 0.387 e. The summed E-state index contributed by atoms with van der Waals surface area (Å²) in [4.78, 5) is 16.1. The first-order chi connectivity index (χ1) is 9.49. The summed E-state index contributed by atoms with van der Waals surface area (Å²) in [6, 6.07) is 4.53. The van der Waals surface area contributed by atoms with Crippen LogP contribution in [0.4, 0.5) is 20.2 Å². The van der Waals surface area contributed by atoms with Crippen molar-refractivity contribution in [2.75, 3.05) is 17.7 Å². The van der Waals surface area contributed by atoms with Crippen molar-refractivity contribution in [2.45, 2.75) is 6.92 Å². The molecule has 0 unspecified atom stereocenters. The third-order valence-corrected chi connectivity index (χ3v) is 2.68. The number of hydrogen-bond acceptors (Lipinski definition) is 3. The first kappa shape index (κ1) is 13.9. The predicted octanol–water partition coefficient (Wildman–Crippen LogP) is 2.96. The van der Waals surface area contributed by atoms with Crippen LogP contribution in [0.2, 0.25) is 0 Å². The van der Waals surface area contributed by atoms with Crippen molar-refractivity contribution in [3.05, 3.63) is 53.4 Å². The number of halogens is 2. The molecule has 2 aromatic rings. The third-order valence-electron chi connectivity index (χ3n) is 2.68. The second-order valence-electron chi connectivity index (χ2n) is 4.23. The maximum Gasteiger partial charge on any atom is 0.259 e. The highest BCUT2D eigenvalue weighted by atomic mass is 19.1. The second kappa shape index (κ2) is 5.64. The Morgan fingerprint density at radius 1 is 1.15 bits per heavy atom. The number of hydrogen-bond donors (Lipinski definition) is 2. The standard InChI is InChI=1S/C14H13F2N3O/c1-8-3-13(17-2)12(7-18-8)14(20)19-11-5-9(15)4-10(16)6-11/h3-7H,1-2H3,(H,17,18)(H,19,20). The Bertz CT molecular complexity index is 639. The molecule has 1 aromatic heterocycles. The molecule has 0 radical (unpaired) electrons. The van der Waals surface area contributed by atoms with E-state index in [1.807, 2.05) is 0 Å². The summed E-state index contributed by atoms with van der Waals surface area (Å²) in [5.41, 5.74) is 1.69. The first-order valence-corrected chi connectivity index (χ1v) is 5.91. The van der Waals surface area contributed by atoms with Crippen LogP contribution in [-0.4, -0.2) is 17.9 Å². The molecule has 0 saturated carbocycles. The topological polar surface area (TPSA) is 54.0 Å². The third kappa shape index (κ3) is 3.09. The second-order valence-corrected chi connectivity index (χ2v) is 4.23. The van der Waals surface area contributed by atoms with E-state index >= 15 is 0 Å². The van der Waals surface area contributed by atoms with Crippen LogP contribution in [0.5, 0.6) is 0 Å². The minimum absolute atomic E-state index is 0.0510. The van der Waals surface area contributed by atoms with Crippen LogP contribution in [0, 0.1) is 18.6 Å². The monoisotopic (exact) mass is 277 g/mol. The smallest absolute Gasteiger partial charge is 0.259 e. The Kier molecular flexibility index (Phi) is 3.93. The van der Waals surface area contributed by atoms with Gasteiger partial charge in [-0.2, -0.15) is 0 Å². The van der Waals surface area contributed by atoms with Crippen molar-refractivity contribution in [1.29, 1.82) is 0 Å². The Labute approximate surface area is 114 Å². The summed E-state index contributed by atoms with van der Waals surface area (Å²) in [7, 11) is 1.67. The van der Waals surface area contributed by atoms with Gasteiger partial charge >= 0.3 is 0 Å². The molecule has 0 atom stereocenters. The summed E-state index contributed by atoms with van der Waals surface area (Å²) in [6.45, 7) is 1.80. The zero-order chi connectivity index (χ0) is 14.7. The lowest BCUT2D eigenvalue weighted by atomic mass is 10.2. The Balaban J connectivity index is 2.28. The number of aromatic nitrogens is 1. The van der Waals surface area contributed by atoms with Gasteiger partial charge in [0.15, 0.2) is 0 Å². The fourth-order valence-corrected chi connectivity index (χ4v) is 1.77. The van der Waals surface area contributed by atoms with Gasteiger partial charge in [0.05, 0.1) is 11.3 Å². The van der Waals surface area contributed by atoms with E-state index in [2.05, 4.69) is 15.6 Å². The first-order valence-electron chi connectivity index (χ1n) is 5.91. The van der Waals surface area contributed by atoms with E-state index in [4.69, 9.17) is 0 Å².